The summed E-state index contributed by atoms with van der Waals surface area (Å²) in [5.41, 5.74) is 6.70. The van der Waals surface area contributed by atoms with Gasteiger partial charge in [-0.15, -0.1) is 0 Å². The van der Waals surface area contributed by atoms with E-state index in [0.29, 0.717) is 27.4 Å². The van der Waals surface area contributed by atoms with Crippen molar-refractivity contribution in [2.24, 2.45) is 5.73 Å². The van der Waals surface area contributed by atoms with Gasteiger partial charge in [0.25, 0.3) is 0 Å². The number of amides is 1. The Labute approximate surface area is 186 Å². The number of hydrogen-bond acceptors (Lipinski definition) is 3. The molecule has 0 radical (unpaired) electrons. The molecular weight excluding hydrogens is 437 g/mol. The van der Waals surface area contributed by atoms with Crippen LogP contribution in [0.5, 0.6) is 5.75 Å². The fraction of sp³-hybridized carbons (Fsp3) is 0.167. The maximum Gasteiger partial charge on any atom is 0.416 e. The molecule has 0 saturated carbocycles. The first-order valence-electron chi connectivity index (χ1n) is 9.93. The highest BCUT2D eigenvalue weighted by atomic mass is 19.4. The lowest BCUT2D eigenvalue weighted by atomic mass is 10.0. The molecule has 4 rings (SSSR count). The van der Waals surface area contributed by atoms with Crippen LogP contribution in [-0.2, 0) is 17.5 Å². The highest BCUT2D eigenvalue weighted by molar-refractivity contribution is 6.19. The van der Waals surface area contributed by atoms with E-state index in [4.69, 9.17) is 15.6 Å². The number of carboxylic acid groups (broad SMARTS) is 1. The number of rotatable bonds is 6. The molecule has 0 aliphatic rings. The molecule has 0 aliphatic heterocycles. The van der Waals surface area contributed by atoms with Crippen LogP contribution < -0.4 is 10.5 Å². The summed E-state index contributed by atoms with van der Waals surface area (Å²) in [5.74, 6) is -1.71. The van der Waals surface area contributed by atoms with Crippen LogP contribution in [0.1, 0.15) is 27.0 Å². The average Bonchev–Trinajstić information content (AvgIpc) is 3.05. The van der Waals surface area contributed by atoms with Crippen molar-refractivity contribution in [1.29, 1.82) is 0 Å². The van der Waals surface area contributed by atoms with E-state index in [2.05, 4.69) is 0 Å². The van der Waals surface area contributed by atoms with Crippen molar-refractivity contribution in [1.82, 2.24) is 4.57 Å². The average molecular weight is 456 g/mol. The Bertz CT molecular complexity index is 1410. The van der Waals surface area contributed by atoms with Gasteiger partial charge in [0.1, 0.15) is 5.75 Å². The summed E-state index contributed by atoms with van der Waals surface area (Å²) in [7, 11) is 0. The Morgan fingerprint density at radius 3 is 2.42 bits per heavy atom. The molecule has 0 saturated heterocycles. The summed E-state index contributed by atoms with van der Waals surface area (Å²) in [6.07, 6.45) is -4.54. The standard InChI is InChI=1S/C24H19F3N2O4/c1-13-9-18-22(19(10-13)33-12-20(30)31)21-15(23(28)32)6-4-8-17(21)29(18)11-14-5-2-3-7-16(14)24(25,26)27/h2-10H,11-12H2,1H3,(H2,28,32)(H,30,31). The predicted molar refractivity (Wildman–Crippen MR) is 116 cm³/mol. The number of primary amides is 1. The number of nitrogens with zero attached hydrogens (tertiary/aromatic N) is 1. The number of halogens is 3. The van der Waals surface area contributed by atoms with Gasteiger partial charge in [-0.25, -0.2) is 4.79 Å². The largest absolute Gasteiger partial charge is 0.481 e. The van der Waals surface area contributed by atoms with E-state index < -0.39 is 30.2 Å². The van der Waals surface area contributed by atoms with E-state index in [0.717, 1.165) is 6.07 Å². The maximum atomic E-state index is 13.6. The smallest absolute Gasteiger partial charge is 0.416 e. The molecule has 3 N–H and O–H groups in total. The van der Waals surface area contributed by atoms with Crippen molar-refractivity contribution in [2.75, 3.05) is 6.61 Å². The number of hydrogen-bond donors (Lipinski definition) is 2. The minimum atomic E-state index is -4.54. The molecule has 0 spiro atoms. The number of benzene rings is 3. The lowest BCUT2D eigenvalue weighted by Crippen LogP contribution is -2.12. The molecule has 9 heteroatoms. The van der Waals surface area contributed by atoms with E-state index in [1.54, 1.807) is 35.8 Å². The Morgan fingerprint density at radius 1 is 1.03 bits per heavy atom. The van der Waals surface area contributed by atoms with Gasteiger partial charge >= 0.3 is 12.1 Å². The lowest BCUT2D eigenvalue weighted by Gasteiger charge is -2.15. The number of alkyl halides is 3. The van der Waals surface area contributed by atoms with Crippen LogP contribution in [-0.4, -0.2) is 28.2 Å². The van der Waals surface area contributed by atoms with Crippen molar-refractivity contribution in [3.63, 3.8) is 0 Å². The summed E-state index contributed by atoms with van der Waals surface area (Å²) < 4.78 is 48.1. The summed E-state index contributed by atoms with van der Waals surface area (Å²) in [6.45, 7) is 0.994. The van der Waals surface area contributed by atoms with E-state index in [9.17, 15) is 22.8 Å². The van der Waals surface area contributed by atoms with Crippen molar-refractivity contribution < 1.29 is 32.6 Å². The number of carbonyl (C=O) groups excluding carboxylic acids is 1. The highest BCUT2D eigenvalue weighted by Gasteiger charge is 2.33. The molecule has 170 valence electrons. The van der Waals surface area contributed by atoms with Crippen LogP contribution in [0.15, 0.2) is 54.6 Å². The van der Waals surface area contributed by atoms with E-state index >= 15 is 0 Å². The molecule has 1 amide bonds. The number of fused-ring (bicyclic) bond motifs is 3. The highest BCUT2D eigenvalue weighted by Crippen LogP contribution is 2.40. The van der Waals surface area contributed by atoms with Gasteiger partial charge in [0, 0.05) is 17.5 Å². The molecule has 1 heterocycles. The Morgan fingerprint density at radius 2 is 1.76 bits per heavy atom. The number of aryl methyl sites for hydroxylation is 1. The molecule has 3 aromatic carbocycles. The Balaban J connectivity index is 2.06. The van der Waals surface area contributed by atoms with Crippen LogP contribution in [0, 0.1) is 6.92 Å². The van der Waals surface area contributed by atoms with Crippen LogP contribution in [0.3, 0.4) is 0 Å². The fourth-order valence-corrected chi connectivity index (χ4v) is 4.09. The van der Waals surface area contributed by atoms with E-state index in [1.807, 2.05) is 0 Å². The second-order valence-electron chi connectivity index (χ2n) is 7.64. The first-order chi connectivity index (χ1) is 15.6. The molecule has 0 aliphatic carbocycles. The third kappa shape index (κ3) is 4.09. The fourth-order valence-electron chi connectivity index (χ4n) is 4.09. The summed E-state index contributed by atoms with van der Waals surface area (Å²) in [6, 6.07) is 13.4. The number of ether oxygens (including phenoxy) is 1. The Hall–Kier alpha value is -4.01. The number of nitrogens with two attached hydrogens (primary N) is 1. The first kappa shape index (κ1) is 22.2. The summed E-state index contributed by atoms with van der Waals surface area (Å²) in [4.78, 5) is 23.3. The second-order valence-corrected chi connectivity index (χ2v) is 7.64. The molecule has 4 aromatic rings. The second kappa shape index (κ2) is 8.16. The monoisotopic (exact) mass is 456 g/mol. The van der Waals surface area contributed by atoms with Crippen molar-refractivity contribution in [2.45, 2.75) is 19.6 Å². The zero-order valence-electron chi connectivity index (χ0n) is 17.4. The summed E-state index contributed by atoms with van der Waals surface area (Å²) in [5, 5.41) is 9.87. The number of aliphatic carboxylic acids is 1. The number of carbonyl (C=O) groups is 2. The van der Waals surface area contributed by atoms with Gasteiger partial charge in [0.05, 0.1) is 22.0 Å². The molecule has 1 aromatic heterocycles. The maximum absolute atomic E-state index is 13.6. The van der Waals surface area contributed by atoms with Crippen molar-refractivity contribution >= 4 is 33.7 Å². The van der Waals surface area contributed by atoms with Gasteiger partial charge < -0.3 is 20.1 Å². The molecule has 33 heavy (non-hydrogen) atoms. The van der Waals surface area contributed by atoms with Gasteiger partial charge in [-0.05, 0) is 48.4 Å². The van der Waals surface area contributed by atoms with E-state index in [-0.39, 0.29) is 23.4 Å². The number of aromatic nitrogens is 1. The van der Waals surface area contributed by atoms with Gasteiger partial charge in [0.15, 0.2) is 6.61 Å². The van der Waals surface area contributed by atoms with Gasteiger partial charge in [-0.3, -0.25) is 4.79 Å². The van der Waals surface area contributed by atoms with Crippen molar-refractivity contribution in [3.8, 4) is 5.75 Å². The molecule has 6 nitrogen and oxygen atoms in total. The van der Waals surface area contributed by atoms with Gasteiger partial charge in [0.2, 0.25) is 5.91 Å². The number of carboxylic acids is 1. The zero-order chi connectivity index (χ0) is 23.9. The molecule has 0 bridgehead atoms. The summed E-state index contributed by atoms with van der Waals surface area (Å²) >= 11 is 0. The van der Waals surface area contributed by atoms with Gasteiger partial charge in [-0.2, -0.15) is 13.2 Å². The minimum Gasteiger partial charge on any atom is -0.481 e. The van der Waals surface area contributed by atoms with Gasteiger partial charge in [-0.1, -0.05) is 24.3 Å². The molecule has 0 fully saturated rings. The third-order valence-electron chi connectivity index (χ3n) is 5.37. The quantitative estimate of drug-likeness (QED) is 0.439. The minimum absolute atomic E-state index is 0.0442. The molecular formula is C24H19F3N2O4. The SMILES string of the molecule is Cc1cc(OCC(=O)O)c2c3c(C(N)=O)cccc3n(Cc3ccccc3C(F)(F)F)c2c1. The normalized spacial score (nSPS) is 11.8. The zero-order valence-corrected chi connectivity index (χ0v) is 17.4. The van der Waals surface area contributed by atoms with Crippen LogP contribution in [0.4, 0.5) is 13.2 Å². The molecule has 0 atom stereocenters. The first-order valence-corrected chi connectivity index (χ1v) is 9.93. The van der Waals surface area contributed by atoms with Crippen LogP contribution in [0.2, 0.25) is 0 Å². The van der Waals surface area contributed by atoms with Crippen LogP contribution in [0.25, 0.3) is 21.8 Å². The Kier molecular flexibility index (Phi) is 5.49. The van der Waals surface area contributed by atoms with Crippen LogP contribution >= 0.6 is 0 Å². The molecule has 0 unspecified atom stereocenters. The topological polar surface area (TPSA) is 94.6 Å². The predicted octanol–water partition coefficient (Wildman–Crippen LogP) is 4.73. The van der Waals surface area contributed by atoms with Crippen molar-refractivity contribution in [3.05, 3.63) is 76.9 Å². The third-order valence-corrected chi connectivity index (χ3v) is 5.37. The van der Waals surface area contributed by atoms with E-state index in [1.165, 1.54) is 24.3 Å². The lowest BCUT2D eigenvalue weighted by molar-refractivity contribution is -0.139.